The van der Waals surface area contributed by atoms with E-state index in [-0.39, 0.29) is 12.0 Å². The molecular formula is C17H26N2O3. The summed E-state index contributed by atoms with van der Waals surface area (Å²) in [7, 11) is 0. The number of hydrogen-bond donors (Lipinski definition) is 3. The van der Waals surface area contributed by atoms with Crippen molar-refractivity contribution in [2.45, 2.75) is 52.1 Å². The van der Waals surface area contributed by atoms with E-state index in [1.165, 1.54) is 5.56 Å². The van der Waals surface area contributed by atoms with E-state index in [2.05, 4.69) is 22.8 Å². The molecule has 3 atom stereocenters. The van der Waals surface area contributed by atoms with Crippen LogP contribution in [0.1, 0.15) is 39.2 Å². The summed E-state index contributed by atoms with van der Waals surface area (Å²) in [5, 5.41) is 14.5. The van der Waals surface area contributed by atoms with E-state index in [0.717, 1.165) is 12.8 Å². The summed E-state index contributed by atoms with van der Waals surface area (Å²) in [6, 6.07) is 8.76. The molecule has 1 rings (SSSR count). The van der Waals surface area contributed by atoms with Crippen LogP contribution in [-0.4, -0.2) is 29.2 Å². The van der Waals surface area contributed by atoms with Gasteiger partial charge in [0, 0.05) is 6.04 Å². The first-order chi connectivity index (χ1) is 10.4. The molecular weight excluding hydrogens is 280 g/mol. The molecule has 0 aliphatic carbocycles. The van der Waals surface area contributed by atoms with Crippen LogP contribution in [0.5, 0.6) is 0 Å². The van der Waals surface area contributed by atoms with E-state index in [4.69, 9.17) is 5.11 Å². The van der Waals surface area contributed by atoms with Crippen LogP contribution in [0.3, 0.4) is 0 Å². The molecule has 0 fully saturated rings. The molecule has 0 aromatic heterocycles. The summed E-state index contributed by atoms with van der Waals surface area (Å²) in [5.74, 6) is -1.11. The highest BCUT2D eigenvalue weighted by atomic mass is 16.4. The lowest BCUT2D eigenvalue weighted by molar-refractivity contribution is -0.140. The van der Waals surface area contributed by atoms with Crippen LogP contribution >= 0.6 is 0 Å². The zero-order valence-electron chi connectivity index (χ0n) is 13.5. The number of carbonyl (C=O) groups excluding carboxylic acids is 1. The fraction of sp³-hybridized carbons (Fsp3) is 0.529. The Kier molecular flexibility index (Phi) is 7.43. The van der Waals surface area contributed by atoms with E-state index < -0.39 is 18.0 Å². The van der Waals surface area contributed by atoms with Crippen LogP contribution in [0.2, 0.25) is 0 Å². The van der Waals surface area contributed by atoms with Crippen molar-refractivity contribution in [1.29, 1.82) is 0 Å². The second-order valence-electron chi connectivity index (χ2n) is 5.74. The van der Waals surface area contributed by atoms with E-state index in [0.29, 0.717) is 6.42 Å². The smallest absolute Gasteiger partial charge is 0.326 e. The van der Waals surface area contributed by atoms with Crippen molar-refractivity contribution < 1.29 is 14.7 Å². The molecule has 0 aliphatic rings. The highest BCUT2D eigenvalue weighted by molar-refractivity contribution is 5.82. The third-order valence-corrected chi connectivity index (χ3v) is 3.85. The molecule has 0 radical (unpaired) electrons. The number of carboxylic acid groups (broad SMARTS) is 1. The number of amides is 2. The minimum absolute atomic E-state index is 0.0217. The molecule has 122 valence electrons. The average Bonchev–Trinajstić information content (AvgIpc) is 2.50. The van der Waals surface area contributed by atoms with Crippen molar-refractivity contribution in [3.8, 4) is 0 Å². The maximum atomic E-state index is 11.9. The number of benzene rings is 1. The lowest BCUT2D eigenvalue weighted by Crippen LogP contribution is -2.51. The minimum atomic E-state index is -0.999. The van der Waals surface area contributed by atoms with Crippen molar-refractivity contribution >= 4 is 12.0 Å². The Balaban J connectivity index is 2.41. The lowest BCUT2D eigenvalue weighted by atomic mass is 9.99. The number of hydrogen-bond acceptors (Lipinski definition) is 2. The summed E-state index contributed by atoms with van der Waals surface area (Å²) in [6.45, 7) is 5.64. The van der Waals surface area contributed by atoms with Gasteiger partial charge >= 0.3 is 12.0 Å². The van der Waals surface area contributed by atoms with E-state index in [1.807, 2.05) is 39.0 Å². The Morgan fingerprint density at radius 1 is 1.14 bits per heavy atom. The number of nitrogens with one attached hydrogen (secondary N) is 2. The van der Waals surface area contributed by atoms with Crippen LogP contribution in [-0.2, 0) is 11.2 Å². The molecule has 0 heterocycles. The fourth-order valence-electron chi connectivity index (χ4n) is 2.19. The summed E-state index contributed by atoms with van der Waals surface area (Å²) >= 11 is 0. The van der Waals surface area contributed by atoms with Gasteiger partial charge in [-0.1, -0.05) is 50.6 Å². The molecule has 0 saturated carbocycles. The zero-order chi connectivity index (χ0) is 16.5. The van der Waals surface area contributed by atoms with Gasteiger partial charge in [-0.3, -0.25) is 0 Å². The molecule has 0 spiro atoms. The number of aryl methyl sites for hydroxylation is 1. The highest BCUT2D eigenvalue weighted by Gasteiger charge is 2.25. The van der Waals surface area contributed by atoms with Gasteiger partial charge in [0.05, 0.1) is 0 Å². The molecule has 5 nitrogen and oxygen atoms in total. The summed E-state index contributed by atoms with van der Waals surface area (Å²) < 4.78 is 0. The molecule has 0 saturated heterocycles. The third kappa shape index (κ3) is 6.16. The van der Waals surface area contributed by atoms with Crippen molar-refractivity contribution in [3.05, 3.63) is 35.9 Å². The number of carbonyl (C=O) groups is 2. The van der Waals surface area contributed by atoms with Gasteiger partial charge in [0.15, 0.2) is 0 Å². The van der Waals surface area contributed by atoms with Gasteiger partial charge in [0.2, 0.25) is 0 Å². The largest absolute Gasteiger partial charge is 0.480 e. The summed E-state index contributed by atoms with van der Waals surface area (Å²) in [4.78, 5) is 23.1. The van der Waals surface area contributed by atoms with Crippen LogP contribution < -0.4 is 10.6 Å². The van der Waals surface area contributed by atoms with Gasteiger partial charge in [-0.2, -0.15) is 0 Å². The average molecular weight is 306 g/mol. The van der Waals surface area contributed by atoms with Crippen molar-refractivity contribution in [2.24, 2.45) is 5.92 Å². The highest BCUT2D eigenvalue weighted by Crippen LogP contribution is 2.08. The quantitative estimate of drug-likeness (QED) is 0.691. The molecule has 2 amide bonds. The zero-order valence-corrected chi connectivity index (χ0v) is 13.5. The Bertz CT molecular complexity index is 476. The topological polar surface area (TPSA) is 78.4 Å². The Labute approximate surface area is 132 Å². The van der Waals surface area contributed by atoms with Crippen LogP contribution in [0.25, 0.3) is 0 Å². The van der Waals surface area contributed by atoms with Crippen LogP contribution in [0, 0.1) is 5.92 Å². The molecule has 5 heteroatoms. The molecule has 3 N–H and O–H groups in total. The van der Waals surface area contributed by atoms with Crippen LogP contribution in [0.4, 0.5) is 4.79 Å². The monoisotopic (exact) mass is 306 g/mol. The standard InChI is InChI=1S/C17H26N2O3/c1-4-12(2)15(16(20)21)19-17(22)18-13(3)10-11-14-8-6-5-7-9-14/h5-9,12-13,15H,4,10-11H2,1-3H3,(H,20,21)(H2,18,19,22)/t12-,13+,15-/m0/s1. The van der Waals surface area contributed by atoms with Crippen molar-refractivity contribution in [1.82, 2.24) is 10.6 Å². The molecule has 1 aromatic carbocycles. The Morgan fingerprint density at radius 3 is 2.32 bits per heavy atom. The summed E-state index contributed by atoms with van der Waals surface area (Å²) in [6.07, 6.45) is 2.37. The van der Waals surface area contributed by atoms with E-state index >= 15 is 0 Å². The van der Waals surface area contributed by atoms with E-state index in [1.54, 1.807) is 0 Å². The maximum absolute atomic E-state index is 11.9. The molecule has 22 heavy (non-hydrogen) atoms. The van der Waals surface area contributed by atoms with Gasteiger partial charge in [0.1, 0.15) is 6.04 Å². The molecule has 1 aromatic rings. The molecule has 0 bridgehead atoms. The Morgan fingerprint density at radius 2 is 1.77 bits per heavy atom. The first-order valence-electron chi connectivity index (χ1n) is 7.77. The van der Waals surface area contributed by atoms with Gasteiger partial charge in [-0.05, 0) is 31.2 Å². The number of aliphatic carboxylic acids is 1. The minimum Gasteiger partial charge on any atom is -0.480 e. The second kappa shape index (κ2) is 9.07. The van der Waals surface area contributed by atoms with Crippen molar-refractivity contribution in [2.75, 3.05) is 0 Å². The normalized spacial score (nSPS) is 14.7. The van der Waals surface area contributed by atoms with E-state index in [9.17, 15) is 9.59 Å². The van der Waals surface area contributed by atoms with Gasteiger partial charge in [-0.15, -0.1) is 0 Å². The van der Waals surface area contributed by atoms with Gasteiger partial charge < -0.3 is 15.7 Å². The van der Waals surface area contributed by atoms with Crippen LogP contribution in [0.15, 0.2) is 30.3 Å². The molecule has 0 unspecified atom stereocenters. The first kappa shape index (κ1) is 18.0. The number of carboxylic acids is 1. The second-order valence-corrected chi connectivity index (χ2v) is 5.74. The SMILES string of the molecule is CC[C@H](C)[C@H](NC(=O)N[C@H](C)CCc1ccccc1)C(=O)O. The molecule has 0 aliphatic heterocycles. The summed E-state index contributed by atoms with van der Waals surface area (Å²) in [5.41, 5.74) is 1.22. The number of rotatable bonds is 8. The van der Waals surface area contributed by atoms with Crippen molar-refractivity contribution in [3.63, 3.8) is 0 Å². The first-order valence-corrected chi connectivity index (χ1v) is 7.77. The maximum Gasteiger partial charge on any atom is 0.326 e. The lowest BCUT2D eigenvalue weighted by Gasteiger charge is -2.22. The third-order valence-electron chi connectivity index (χ3n) is 3.85. The van der Waals surface area contributed by atoms with Gasteiger partial charge in [0.25, 0.3) is 0 Å². The fourth-order valence-corrected chi connectivity index (χ4v) is 2.19. The predicted octanol–water partition coefficient (Wildman–Crippen LogP) is 2.81. The van der Waals surface area contributed by atoms with Gasteiger partial charge in [-0.25, -0.2) is 9.59 Å². The predicted molar refractivity (Wildman–Crippen MR) is 86.8 cm³/mol. The number of urea groups is 1. The Hall–Kier alpha value is -2.04.